The van der Waals surface area contributed by atoms with Crippen LogP contribution in [-0.2, 0) is 0 Å². The molecular formula is C11H12BrClN2S2. The molecule has 2 nitrogen and oxygen atoms in total. The number of nitrogens with two attached hydrogens (primary N) is 1. The Morgan fingerprint density at radius 2 is 2.18 bits per heavy atom. The first-order chi connectivity index (χ1) is 7.99. The number of rotatable bonds is 3. The molecule has 0 saturated carbocycles. The van der Waals surface area contributed by atoms with Crippen LogP contribution in [-0.4, -0.2) is 4.98 Å². The largest absolute Gasteiger partial charge is 0.318 e. The predicted molar refractivity (Wildman–Crippen MR) is 79.3 cm³/mol. The quantitative estimate of drug-likeness (QED) is 0.863. The molecule has 0 aliphatic heterocycles. The van der Waals surface area contributed by atoms with Crippen LogP contribution in [0, 0.1) is 0 Å². The average molecular weight is 352 g/mol. The molecule has 0 fully saturated rings. The summed E-state index contributed by atoms with van der Waals surface area (Å²) in [6.45, 7) is 4.26. The molecule has 0 spiro atoms. The molecule has 2 aromatic heterocycles. The molecule has 0 radical (unpaired) electrons. The minimum atomic E-state index is -0.179. The predicted octanol–water partition coefficient (Wildman–Crippen LogP) is 4.79. The number of hydrogen-bond donors (Lipinski definition) is 1. The van der Waals surface area contributed by atoms with E-state index in [1.54, 1.807) is 11.3 Å². The second-order valence-corrected chi connectivity index (χ2v) is 7.44. The van der Waals surface area contributed by atoms with Crippen molar-refractivity contribution in [3.05, 3.63) is 35.8 Å². The first kappa shape index (κ1) is 13.5. The Morgan fingerprint density at radius 3 is 2.65 bits per heavy atom. The van der Waals surface area contributed by atoms with Crippen molar-refractivity contribution >= 4 is 50.2 Å². The minimum absolute atomic E-state index is 0.179. The molecule has 0 aliphatic carbocycles. The molecule has 1 unspecified atom stereocenters. The first-order valence-electron chi connectivity index (χ1n) is 5.14. The van der Waals surface area contributed by atoms with E-state index in [0.717, 1.165) is 24.4 Å². The van der Waals surface area contributed by atoms with Gasteiger partial charge in [-0.05, 0) is 27.9 Å². The highest BCUT2D eigenvalue weighted by atomic mass is 79.9. The molecular weight excluding hydrogens is 340 g/mol. The summed E-state index contributed by atoms with van der Waals surface area (Å²) in [7, 11) is 0. The van der Waals surface area contributed by atoms with Crippen LogP contribution in [0.5, 0.6) is 0 Å². The van der Waals surface area contributed by atoms with E-state index in [4.69, 9.17) is 17.3 Å². The molecule has 0 amide bonds. The maximum atomic E-state index is 6.19. The van der Waals surface area contributed by atoms with Gasteiger partial charge in [-0.15, -0.1) is 22.7 Å². The van der Waals surface area contributed by atoms with E-state index in [9.17, 15) is 0 Å². The van der Waals surface area contributed by atoms with Crippen molar-refractivity contribution in [2.24, 2.45) is 5.73 Å². The summed E-state index contributed by atoms with van der Waals surface area (Å²) in [6, 6.07) is 1.79. The van der Waals surface area contributed by atoms with Crippen molar-refractivity contribution in [3.8, 4) is 0 Å². The average Bonchev–Trinajstić information content (AvgIpc) is 2.86. The Balaban J connectivity index is 2.27. The van der Waals surface area contributed by atoms with E-state index in [1.807, 2.05) is 6.07 Å². The zero-order valence-electron chi connectivity index (χ0n) is 9.41. The monoisotopic (exact) mass is 350 g/mol. The van der Waals surface area contributed by atoms with Gasteiger partial charge in [0.15, 0.2) is 0 Å². The van der Waals surface area contributed by atoms with Gasteiger partial charge in [0.25, 0.3) is 0 Å². The fourth-order valence-corrected chi connectivity index (χ4v) is 4.16. The molecule has 17 heavy (non-hydrogen) atoms. The van der Waals surface area contributed by atoms with Crippen molar-refractivity contribution in [3.63, 3.8) is 0 Å². The number of hydrogen-bond acceptors (Lipinski definition) is 4. The standard InChI is InChI=1S/C11H12BrClN2S2/c1-5(2)7-4-16-11(15-7)9(14)8-3-6(12)10(13)17-8/h3-5,9H,14H2,1-2H3. The van der Waals surface area contributed by atoms with Crippen molar-refractivity contribution in [2.75, 3.05) is 0 Å². The Kier molecular flexibility index (Phi) is 4.26. The number of thiophene rings is 1. The first-order valence-corrected chi connectivity index (χ1v) is 8.01. The van der Waals surface area contributed by atoms with Crippen LogP contribution < -0.4 is 5.73 Å². The molecule has 2 heterocycles. The second kappa shape index (κ2) is 5.36. The maximum Gasteiger partial charge on any atom is 0.115 e. The van der Waals surface area contributed by atoms with Gasteiger partial charge in [-0.25, -0.2) is 4.98 Å². The minimum Gasteiger partial charge on any atom is -0.318 e. The molecule has 0 bridgehead atoms. The Hall–Kier alpha value is 0.0600. The highest BCUT2D eigenvalue weighted by Crippen LogP contribution is 2.37. The third-order valence-electron chi connectivity index (χ3n) is 2.37. The molecule has 6 heteroatoms. The molecule has 2 rings (SSSR count). The van der Waals surface area contributed by atoms with Crippen molar-refractivity contribution in [1.29, 1.82) is 0 Å². The van der Waals surface area contributed by atoms with Gasteiger partial charge >= 0.3 is 0 Å². The van der Waals surface area contributed by atoms with Crippen LogP contribution in [0.2, 0.25) is 4.34 Å². The van der Waals surface area contributed by atoms with Crippen LogP contribution in [0.3, 0.4) is 0 Å². The van der Waals surface area contributed by atoms with Crippen LogP contribution in [0.4, 0.5) is 0 Å². The zero-order valence-corrected chi connectivity index (χ0v) is 13.4. The van der Waals surface area contributed by atoms with Gasteiger partial charge in [0, 0.05) is 14.7 Å². The summed E-state index contributed by atoms with van der Waals surface area (Å²) in [5.74, 6) is 0.436. The van der Waals surface area contributed by atoms with Gasteiger partial charge in [-0.2, -0.15) is 0 Å². The van der Waals surface area contributed by atoms with Gasteiger partial charge in [-0.1, -0.05) is 25.4 Å². The zero-order chi connectivity index (χ0) is 12.6. The van der Waals surface area contributed by atoms with Gasteiger partial charge in [0.1, 0.15) is 9.34 Å². The Labute approximate surface area is 122 Å². The fourth-order valence-electron chi connectivity index (χ4n) is 1.35. The van der Waals surface area contributed by atoms with E-state index in [-0.39, 0.29) is 6.04 Å². The van der Waals surface area contributed by atoms with Gasteiger partial charge in [0.05, 0.1) is 11.7 Å². The lowest BCUT2D eigenvalue weighted by atomic mass is 10.2. The summed E-state index contributed by atoms with van der Waals surface area (Å²) in [5.41, 5.74) is 7.29. The van der Waals surface area contributed by atoms with E-state index >= 15 is 0 Å². The van der Waals surface area contributed by atoms with Gasteiger partial charge in [0.2, 0.25) is 0 Å². The lowest BCUT2D eigenvalue weighted by Crippen LogP contribution is -2.10. The number of aromatic nitrogens is 1. The van der Waals surface area contributed by atoms with Crippen LogP contribution >= 0.6 is 50.2 Å². The van der Waals surface area contributed by atoms with Gasteiger partial charge < -0.3 is 5.73 Å². The molecule has 1 atom stereocenters. The number of thiazole rings is 1. The number of nitrogens with zero attached hydrogens (tertiary/aromatic N) is 1. The normalized spacial score (nSPS) is 13.3. The smallest absolute Gasteiger partial charge is 0.115 e. The Bertz CT molecular complexity index is 502. The summed E-state index contributed by atoms with van der Waals surface area (Å²) < 4.78 is 1.63. The SMILES string of the molecule is CC(C)c1csc(C(N)c2cc(Br)c(Cl)s2)n1. The number of halogens is 2. The van der Waals surface area contributed by atoms with E-state index in [0.29, 0.717) is 5.92 Å². The lowest BCUT2D eigenvalue weighted by molar-refractivity contribution is 0.801. The highest BCUT2D eigenvalue weighted by Gasteiger charge is 2.17. The van der Waals surface area contributed by atoms with Crippen LogP contribution in [0.1, 0.15) is 41.4 Å². The third-order valence-corrected chi connectivity index (χ3v) is 5.87. The van der Waals surface area contributed by atoms with E-state index in [2.05, 4.69) is 40.1 Å². The molecule has 2 aromatic rings. The summed E-state index contributed by atoms with van der Waals surface area (Å²) in [5, 5.41) is 3.02. The van der Waals surface area contributed by atoms with E-state index in [1.165, 1.54) is 11.3 Å². The molecule has 0 saturated heterocycles. The van der Waals surface area contributed by atoms with Crippen molar-refractivity contribution < 1.29 is 0 Å². The molecule has 2 N–H and O–H groups in total. The summed E-state index contributed by atoms with van der Waals surface area (Å²) >= 11 is 12.5. The second-order valence-electron chi connectivity index (χ2n) is 4.01. The molecule has 92 valence electrons. The summed E-state index contributed by atoms with van der Waals surface area (Å²) in [4.78, 5) is 5.60. The van der Waals surface area contributed by atoms with Crippen molar-refractivity contribution in [1.82, 2.24) is 4.98 Å². The third kappa shape index (κ3) is 2.90. The van der Waals surface area contributed by atoms with Crippen LogP contribution in [0.15, 0.2) is 15.9 Å². The molecule has 0 aromatic carbocycles. The highest BCUT2D eigenvalue weighted by molar-refractivity contribution is 9.10. The Morgan fingerprint density at radius 1 is 1.47 bits per heavy atom. The topological polar surface area (TPSA) is 38.9 Å². The van der Waals surface area contributed by atoms with E-state index < -0.39 is 0 Å². The lowest BCUT2D eigenvalue weighted by Gasteiger charge is -2.05. The van der Waals surface area contributed by atoms with Crippen molar-refractivity contribution in [2.45, 2.75) is 25.8 Å². The fraction of sp³-hybridized carbons (Fsp3) is 0.364. The maximum absolute atomic E-state index is 6.19. The molecule has 0 aliphatic rings. The van der Waals surface area contributed by atoms with Gasteiger partial charge in [-0.3, -0.25) is 0 Å². The summed E-state index contributed by atoms with van der Waals surface area (Å²) in [6.07, 6.45) is 0. The van der Waals surface area contributed by atoms with Crippen LogP contribution in [0.25, 0.3) is 0 Å².